The molecule has 6 nitrogen and oxygen atoms in total. The Morgan fingerprint density at radius 3 is 2.47 bits per heavy atom. The third-order valence-corrected chi connectivity index (χ3v) is 5.39. The Hall–Kier alpha value is -3.41. The van der Waals surface area contributed by atoms with Crippen molar-refractivity contribution < 1.29 is 14.3 Å². The van der Waals surface area contributed by atoms with E-state index in [2.05, 4.69) is 4.99 Å². The molecule has 1 amide bonds. The molecular weight excluding hydrogens is 378 g/mol. The van der Waals surface area contributed by atoms with Crippen molar-refractivity contribution in [1.82, 2.24) is 4.90 Å². The zero-order chi connectivity index (χ0) is 21.1. The number of fused-ring (bicyclic) bond motifs is 1. The van der Waals surface area contributed by atoms with Crippen molar-refractivity contribution in [3.05, 3.63) is 59.2 Å². The van der Waals surface area contributed by atoms with E-state index in [9.17, 15) is 9.59 Å². The van der Waals surface area contributed by atoms with Crippen molar-refractivity contribution in [3.63, 3.8) is 0 Å². The number of hydrogen-bond acceptors (Lipinski definition) is 5. The van der Waals surface area contributed by atoms with Crippen LogP contribution in [0.15, 0.2) is 53.0 Å². The molecule has 0 radical (unpaired) electrons. The third kappa shape index (κ3) is 4.13. The van der Waals surface area contributed by atoms with Crippen LogP contribution in [0, 0.1) is 0 Å². The van der Waals surface area contributed by atoms with Gasteiger partial charge >= 0.3 is 5.97 Å². The molecule has 1 saturated heterocycles. The molecule has 0 spiro atoms. The summed E-state index contributed by atoms with van der Waals surface area (Å²) in [7, 11) is 0. The molecule has 0 saturated carbocycles. The highest BCUT2D eigenvalue weighted by Gasteiger charge is 2.20. The maximum atomic E-state index is 12.5. The first-order valence-corrected chi connectivity index (χ1v) is 10.3. The standard InChI is InChI=1S/C24H25N3O3/c1-2-30-24(29)20-13-19-10-9-18(14-21(19)26-22(25)15-20)16-5-7-17(8-6-16)23(28)27-11-3-4-12-27/h5-10,13-14H,2-4,11-12,15H2,1H3,(H2,25,26). The van der Waals surface area contributed by atoms with Crippen LogP contribution in [0.4, 0.5) is 5.69 Å². The second-order valence-corrected chi connectivity index (χ2v) is 7.52. The fourth-order valence-electron chi connectivity index (χ4n) is 3.83. The predicted molar refractivity (Wildman–Crippen MR) is 118 cm³/mol. The average molecular weight is 403 g/mol. The van der Waals surface area contributed by atoms with Gasteiger partial charge in [-0.1, -0.05) is 24.3 Å². The predicted octanol–water partition coefficient (Wildman–Crippen LogP) is 3.93. The molecule has 30 heavy (non-hydrogen) atoms. The summed E-state index contributed by atoms with van der Waals surface area (Å²) in [6, 6.07) is 13.5. The van der Waals surface area contributed by atoms with Crippen LogP contribution in [-0.2, 0) is 9.53 Å². The molecule has 1 fully saturated rings. The number of amides is 1. The number of carbonyl (C=O) groups is 2. The van der Waals surface area contributed by atoms with Gasteiger partial charge in [-0.05, 0) is 55.2 Å². The van der Waals surface area contributed by atoms with Crippen LogP contribution >= 0.6 is 0 Å². The molecule has 2 aromatic carbocycles. The van der Waals surface area contributed by atoms with E-state index in [-0.39, 0.29) is 18.3 Å². The summed E-state index contributed by atoms with van der Waals surface area (Å²) in [4.78, 5) is 31.1. The lowest BCUT2D eigenvalue weighted by Gasteiger charge is -2.15. The highest BCUT2D eigenvalue weighted by atomic mass is 16.5. The van der Waals surface area contributed by atoms with Gasteiger partial charge in [-0.2, -0.15) is 0 Å². The van der Waals surface area contributed by atoms with Crippen molar-refractivity contribution >= 4 is 29.5 Å². The molecular formula is C24H25N3O3. The Morgan fingerprint density at radius 1 is 1.07 bits per heavy atom. The average Bonchev–Trinajstić information content (AvgIpc) is 3.23. The van der Waals surface area contributed by atoms with E-state index in [4.69, 9.17) is 10.5 Å². The van der Waals surface area contributed by atoms with Gasteiger partial charge in [0.1, 0.15) is 5.84 Å². The zero-order valence-electron chi connectivity index (χ0n) is 17.1. The van der Waals surface area contributed by atoms with E-state index in [0.29, 0.717) is 29.3 Å². The topological polar surface area (TPSA) is 85.0 Å². The number of amidine groups is 1. The van der Waals surface area contributed by atoms with Crippen LogP contribution in [0.2, 0.25) is 0 Å². The number of nitrogens with two attached hydrogens (primary N) is 1. The molecule has 0 aliphatic carbocycles. The molecule has 2 heterocycles. The Balaban J connectivity index is 1.60. The number of nitrogens with zero attached hydrogens (tertiary/aromatic N) is 2. The Kier molecular flexibility index (Phi) is 5.65. The quantitative estimate of drug-likeness (QED) is 0.784. The van der Waals surface area contributed by atoms with Crippen molar-refractivity contribution in [3.8, 4) is 11.1 Å². The summed E-state index contributed by atoms with van der Waals surface area (Å²) in [5, 5.41) is 0. The molecule has 2 aromatic rings. The third-order valence-electron chi connectivity index (χ3n) is 5.39. The number of rotatable bonds is 4. The Bertz CT molecular complexity index is 1030. The summed E-state index contributed by atoms with van der Waals surface area (Å²) in [5.41, 5.74) is 10.7. The maximum Gasteiger partial charge on any atom is 0.334 e. The van der Waals surface area contributed by atoms with E-state index >= 15 is 0 Å². The Morgan fingerprint density at radius 2 is 1.77 bits per heavy atom. The van der Waals surface area contributed by atoms with Crippen LogP contribution in [-0.4, -0.2) is 42.3 Å². The van der Waals surface area contributed by atoms with E-state index in [1.165, 1.54) is 0 Å². The minimum atomic E-state index is -0.370. The Labute approximate surface area is 176 Å². The fourth-order valence-corrected chi connectivity index (χ4v) is 3.83. The van der Waals surface area contributed by atoms with Gasteiger partial charge in [-0.3, -0.25) is 4.79 Å². The zero-order valence-corrected chi connectivity index (χ0v) is 17.1. The minimum absolute atomic E-state index is 0.0926. The van der Waals surface area contributed by atoms with Crippen molar-refractivity contribution in [2.75, 3.05) is 19.7 Å². The first-order valence-electron chi connectivity index (χ1n) is 10.3. The van der Waals surface area contributed by atoms with Gasteiger partial charge in [0.2, 0.25) is 0 Å². The molecule has 4 rings (SSSR count). The van der Waals surface area contributed by atoms with Crippen LogP contribution in [0.5, 0.6) is 0 Å². The summed E-state index contributed by atoms with van der Waals surface area (Å²) < 4.78 is 5.11. The second kappa shape index (κ2) is 8.53. The van der Waals surface area contributed by atoms with Crippen LogP contribution in [0.3, 0.4) is 0 Å². The van der Waals surface area contributed by atoms with E-state index < -0.39 is 0 Å². The first-order chi connectivity index (χ1) is 14.5. The largest absolute Gasteiger partial charge is 0.463 e. The van der Waals surface area contributed by atoms with Crippen LogP contribution in [0.25, 0.3) is 17.2 Å². The van der Waals surface area contributed by atoms with E-state index in [0.717, 1.165) is 42.6 Å². The molecule has 0 unspecified atom stereocenters. The lowest BCUT2D eigenvalue weighted by molar-refractivity contribution is -0.138. The fraction of sp³-hybridized carbons (Fsp3) is 0.292. The number of hydrogen-bond donors (Lipinski definition) is 1. The number of likely N-dealkylation sites (tertiary alicyclic amines) is 1. The molecule has 154 valence electrons. The van der Waals surface area contributed by atoms with Gasteiger partial charge in [-0.15, -0.1) is 0 Å². The SMILES string of the molecule is CCOC(=O)C1=Cc2ccc(-c3ccc(C(=O)N4CCCC4)cc3)cc2N=C(N)C1. The molecule has 0 bridgehead atoms. The molecule has 2 aliphatic heterocycles. The number of benzene rings is 2. The maximum absolute atomic E-state index is 12.5. The van der Waals surface area contributed by atoms with Gasteiger partial charge in [-0.25, -0.2) is 9.79 Å². The highest BCUT2D eigenvalue weighted by molar-refractivity contribution is 6.03. The normalized spacial score (nSPS) is 15.7. The minimum Gasteiger partial charge on any atom is -0.463 e. The van der Waals surface area contributed by atoms with Gasteiger partial charge in [0.25, 0.3) is 5.91 Å². The number of aliphatic imine (C=N–C) groups is 1. The lowest BCUT2D eigenvalue weighted by Crippen LogP contribution is -2.27. The van der Waals surface area contributed by atoms with Crippen molar-refractivity contribution in [1.29, 1.82) is 0 Å². The molecule has 2 N–H and O–H groups in total. The van der Waals surface area contributed by atoms with Gasteiger partial charge in [0.05, 0.1) is 12.3 Å². The molecule has 6 heteroatoms. The van der Waals surface area contributed by atoms with E-state index in [1.54, 1.807) is 13.0 Å². The molecule has 0 aromatic heterocycles. The monoisotopic (exact) mass is 403 g/mol. The van der Waals surface area contributed by atoms with Gasteiger partial charge < -0.3 is 15.4 Å². The summed E-state index contributed by atoms with van der Waals surface area (Å²) in [5.74, 6) is 0.0950. The second-order valence-electron chi connectivity index (χ2n) is 7.52. The highest BCUT2D eigenvalue weighted by Crippen LogP contribution is 2.32. The van der Waals surface area contributed by atoms with Crippen LogP contribution < -0.4 is 5.73 Å². The van der Waals surface area contributed by atoms with Crippen molar-refractivity contribution in [2.45, 2.75) is 26.2 Å². The first kappa shape index (κ1) is 19.9. The smallest absolute Gasteiger partial charge is 0.334 e. The summed E-state index contributed by atoms with van der Waals surface area (Å²) >= 11 is 0. The van der Waals surface area contributed by atoms with E-state index in [1.807, 2.05) is 47.4 Å². The number of esters is 1. The number of carbonyl (C=O) groups excluding carboxylic acids is 2. The lowest BCUT2D eigenvalue weighted by atomic mass is 10.00. The summed E-state index contributed by atoms with van der Waals surface area (Å²) in [6.45, 7) is 3.77. The molecule has 0 atom stereocenters. The van der Waals surface area contributed by atoms with Gasteiger partial charge in [0, 0.05) is 36.2 Å². The van der Waals surface area contributed by atoms with Crippen molar-refractivity contribution in [2.24, 2.45) is 10.7 Å². The number of ether oxygens (including phenoxy) is 1. The molecule has 2 aliphatic rings. The van der Waals surface area contributed by atoms with Gasteiger partial charge in [0.15, 0.2) is 0 Å². The summed E-state index contributed by atoms with van der Waals surface area (Å²) in [6.07, 6.45) is 4.21. The van der Waals surface area contributed by atoms with Crippen LogP contribution in [0.1, 0.15) is 42.1 Å².